The third-order valence-electron chi connectivity index (χ3n) is 8.50. The van der Waals surface area contributed by atoms with Gasteiger partial charge in [0.2, 0.25) is 0 Å². The summed E-state index contributed by atoms with van der Waals surface area (Å²) in [5, 5.41) is 9.16. The summed E-state index contributed by atoms with van der Waals surface area (Å²) in [6.07, 6.45) is 4.52. The molecular weight excluding hydrogens is 531 g/mol. The molecule has 0 radical (unpaired) electrons. The van der Waals surface area contributed by atoms with Crippen LogP contribution >= 0.6 is 0 Å². The zero-order chi connectivity index (χ0) is 27.9. The molecule has 3 aromatic rings. The first-order valence-electron chi connectivity index (χ1n) is 14.0. The molecule has 0 bridgehead atoms. The lowest BCUT2D eigenvalue weighted by Crippen LogP contribution is -2.26. The van der Waals surface area contributed by atoms with Crippen molar-refractivity contribution in [1.29, 1.82) is 0 Å². The van der Waals surface area contributed by atoms with Gasteiger partial charge in [-0.25, -0.2) is 12.8 Å². The highest BCUT2D eigenvalue weighted by Gasteiger charge is 2.44. The number of benzene rings is 3. The summed E-state index contributed by atoms with van der Waals surface area (Å²) in [7, 11) is -2.89. The second kappa shape index (κ2) is 10.9. The summed E-state index contributed by atoms with van der Waals surface area (Å²) in [6.45, 7) is 0.604. The van der Waals surface area contributed by atoms with Crippen LogP contribution in [0.3, 0.4) is 0 Å². The van der Waals surface area contributed by atoms with Gasteiger partial charge in [-0.3, -0.25) is 4.79 Å². The maximum atomic E-state index is 15.1. The maximum Gasteiger partial charge on any atom is 0.307 e. The van der Waals surface area contributed by atoms with E-state index in [1.807, 2.05) is 42.5 Å². The molecule has 210 valence electrons. The number of sulfone groups is 1. The molecule has 1 heterocycles. The van der Waals surface area contributed by atoms with Crippen LogP contribution in [0.25, 0.3) is 11.1 Å². The summed E-state index contributed by atoms with van der Waals surface area (Å²) in [5.41, 5.74) is 5.71. The van der Waals surface area contributed by atoms with Gasteiger partial charge in [-0.1, -0.05) is 18.2 Å². The Hall–Kier alpha value is -3.39. The quantitative estimate of drug-likeness (QED) is 0.364. The molecule has 6 rings (SSSR count). The van der Waals surface area contributed by atoms with E-state index in [0.717, 1.165) is 52.8 Å². The number of hydrogen-bond donors (Lipinski definition) is 1. The van der Waals surface area contributed by atoms with Crippen LogP contribution in [0.2, 0.25) is 0 Å². The van der Waals surface area contributed by atoms with Crippen LogP contribution in [-0.2, 0) is 34.1 Å². The minimum absolute atomic E-state index is 0.0608. The zero-order valence-electron chi connectivity index (χ0n) is 22.3. The Balaban J connectivity index is 1.14. The lowest BCUT2D eigenvalue weighted by Gasteiger charge is -2.22. The predicted molar refractivity (Wildman–Crippen MR) is 150 cm³/mol. The number of aliphatic carboxylic acids is 1. The average molecular weight is 565 g/mol. The van der Waals surface area contributed by atoms with Crippen molar-refractivity contribution in [2.24, 2.45) is 11.8 Å². The molecule has 3 aromatic carbocycles. The normalized spacial score (nSPS) is 21.5. The van der Waals surface area contributed by atoms with Crippen LogP contribution in [0.15, 0.2) is 54.6 Å². The Kier molecular flexibility index (Phi) is 7.29. The molecule has 2 atom stereocenters. The van der Waals surface area contributed by atoms with E-state index in [-0.39, 0.29) is 41.7 Å². The summed E-state index contributed by atoms with van der Waals surface area (Å²) in [5.74, 6) is 0.848. The van der Waals surface area contributed by atoms with Crippen molar-refractivity contribution in [2.45, 2.75) is 51.0 Å². The Bertz CT molecular complexity index is 1520. The molecule has 1 aliphatic heterocycles. The highest BCUT2D eigenvalue weighted by atomic mass is 32.2. The van der Waals surface area contributed by atoms with Gasteiger partial charge in [0, 0.05) is 5.56 Å². The van der Waals surface area contributed by atoms with E-state index < -0.39 is 15.8 Å². The minimum Gasteiger partial charge on any atom is -0.493 e. The van der Waals surface area contributed by atoms with E-state index in [2.05, 4.69) is 6.07 Å². The van der Waals surface area contributed by atoms with Gasteiger partial charge >= 0.3 is 5.97 Å². The van der Waals surface area contributed by atoms with Gasteiger partial charge in [-0.2, -0.15) is 0 Å². The van der Waals surface area contributed by atoms with Crippen molar-refractivity contribution in [3.05, 3.63) is 82.7 Å². The summed E-state index contributed by atoms with van der Waals surface area (Å²) < 4.78 is 50.5. The molecule has 2 aliphatic carbocycles. The summed E-state index contributed by atoms with van der Waals surface area (Å²) >= 11 is 0. The van der Waals surface area contributed by atoms with Crippen LogP contribution < -0.4 is 9.47 Å². The Morgan fingerprint density at radius 3 is 2.30 bits per heavy atom. The fourth-order valence-corrected chi connectivity index (χ4v) is 7.54. The summed E-state index contributed by atoms with van der Waals surface area (Å²) in [6, 6.07) is 17.0. The molecule has 40 heavy (non-hydrogen) atoms. The monoisotopic (exact) mass is 564 g/mol. The molecule has 0 aromatic heterocycles. The molecule has 6 nitrogen and oxygen atoms in total. The molecule has 1 saturated carbocycles. The average Bonchev–Trinajstić information content (AvgIpc) is 3.76. The standard InChI is InChI=1S/C32H33FO6S/c33-31-16-23-3-1-2-22-14-26(38-18-20-10-12-40(36,37)13-11-20)8-9-27(22)28(23)15-24(31)19-39-25-6-4-21(5-7-25)29-17-30(29)32(34)35/h4-9,14-16,20,29-30H,1-3,10-13,17-19H2,(H,34,35). The van der Waals surface area contributed by atoms with E-state index in [4.69, 9.17) is 14.6 Å². The smallest absolute Gasteiger partial charge is 0.307 e. The highest BCUT2D eigenvalue weighted by molar-refractivity contribution is 7.91. The number of halogens is 1. The van der Waals surface area contributed by atoms with E-state index in [0.29, 0.717) is 37.2 Å². The van der Waals surface area contributed by atoms with Gasteiger partial charge in [0.1, 0.15) is 33.8 Å². The van der Waals surface area contributed by atoms with Crippen molar-refractivity contribution in [2.75, 3.05) is 18.1 Å². The molecule has 1 saturated heterocycles. The number of hydrogen-bond acceptors (Lipinski definition) is 5. The fourth-order valence-electron chi connectivity index (χ4n) is 5.95. The second-order valence-electron chi connectivity index (χ2n) is 11.3. The molecule has 3 aliphatic rings. The second-order valence-corrected chi connectivity index (χ2v) is 13.6. The number of carboxylic acid groups (broad SMARTS) is 1. The predicted octanol–water partition coefficient (Wildman–Crippen LogP) is 5.95. The van der Waals surface area contributed by atoms with Gasteiger partial charge in [-0.15, -0.1) is 0 Å². The topological polar surface area (TPSA) is 89.9 Å². The van der Waals surface area contributed by atoms with Crippen molar-refractivity contribution in [1.82, 2.24) is 0 Å². The number of carbonyl (C=O) groups is 1. The van der Waals surface area contributed by atoms with Crippen LogP contribution in [-0.4, -0.2) is 37.6 Å². The number of rotatable bonds is 8. The SMILES string of the molecule is O=C(O)C1CC1c1ccc(OCc2cc3c(cc2F)CCCc2cc(OCC4CCS(=O)(=O)CC4)ccc2-3)cc1. The van der Waals surface area contributed by atoms with E-state index in [1.165, 1.54) is 0 Å². The van der Waals surface area contributed by atoms with Gasteiger partial charge in [-0.05, 0) is 115 Å². The Morgan fingerprint density at radius 2 is 1.60 bits per heavy atom. The Labute approximate surface area is 234 Å². The van der Waals surface area contributed by atoms with Gasteiger partial charge in [0.25, 0.3) is 0 Å². The molecule has 0 amide bonds. The van der Waals surface area contributed by atoms with Crippen LogP contribution in [0.1, 0.15) is 53.9 Å². The first-order chi connectivity index (χ1) is 19.3. The lowest BCUT2D eigenvalue weighted by molar-refractivity contribution is -0.138. The van der Waals surface area contributed by atoms with Crippen LogP contribution in [0, 0.1) is 17.7 Å². The van der Waals surface area contributed by atoms with Crippen molar-refractivity contribution < 1.29 is 32.2 Å². The largest absolute Gasteiger partial charge is 0.493 e. The van der Waals surface area contributed by atoms with Crippen molar-refractivity contribution in [3.8, 4) is 22.6 Å². The fraction of sp³-hybridized carbons (Fsp3) is 0.406. The first kappa shape index (κ1) is 26.8. The molecule has 2 fully saturated rings. The number of fused-ring (bicyclic) bond motifs is 3. The maximum absolute atomic E-state index is 15.1. The third-order valence-corrected chi connectivity index (χ3v) is 10.2. The first-order valence-corrected chi connectivity index (χ1v) is 15.8. The van der Waals surface area contributed by atoms with Gasteiger partial charge in [0.05, 0.1) is 24.0 Å². The third kappa shape index (κ3) is 5.87. The highest BCUT2D eigenvalue weighted by Crippen LogP contribution is 2.47. The molecule has 8 heteroatoms. The van der Waals surface area contributed by atoms with E-state index in [1.54, 1.807) is 6.07 Å². The van der Waals surface area contributed by atoms with Crippen LogP contribution in [0.4, 0.5) is 4.39 Å². The molecule has 0 spiro atoms. The number of aryl methyl sites for hydroxylation is 2. The minimum atomic E-state index is -2.89. The van der Waals surface area contributed by atoms with E-state index in [9.17, 15) is 13.2 Å². The Morgan fingerprint density at radius 1 is 0.900 bits per heavy atom. The van der Waals surface area contributed by atoms with E-state index >= 15 is 4.39 Å². The molecule has 1 N–H and O–H groups in total. The van der Waals surface area contributed by atoms with Crippen molar-refractivity contribution in [3.63, 3.8) is 0 Å². The summed E-state index contributed by atoms with van der Waals surface area (Å²) in [4.78, 5) is 11.1. The lowest BCUT2D eigenvalue weighted by atomic mass is 9.94. The van der Waals surface area contributed by atoms with Gasteiger partial charge in [0.15, 0.2) is 0 Å². The number of ether oxygens (including phenoxy) is 2. The van der Waals surface area contributed by atoms with Crippen molar-refractivity contribution >= 4 is 15.8 Å². The zero-order valence-corrected chi connectivity index (χ0v) is 23.1. The van der Waals surface area contributed by atoms with Gasteiger partial charge < -0.3 is 14.6 Å². The molecule has 2 unspecified atom stereocenters. The van der Waals surface area contributed by atoms with Crippen LogP contribution in [0.5, 0.6) is 11.5 Å². The number of carboxylic acids is 1. The molecular formula is C32H33FO6S.